The van der Waals surface area contributed by atoms with E-state index in [1.807, 2.05) is 0 Å². The van der Waals surface area contributed by atoms with Gasteiger partial charge in [0.15, 0.2) is 0 Å². The molecule has 0 N–H and O–H groups in total. The van der Waals surface area contributed by atoms with Crippen molar-refractivity contribution in [1.82, 2.24) is 0 Å². The fraction of sp³-hybridized carbons (Fsp3) is 0.333. The Hall–Kier alpha value is 0.294. The summed E-state index contributed by atoms with van der Waals surface area (Å²) in [6.45, 7) is 14.5. The topological polar surface area (TPSA) is 83.0 Å². The van der Waals surface area contributed by atoms with Crippen molar-refractivity contribution in [1.29, 1.82) is 0 Å². The van der Waals surface area contributed by atoms with Gasteiger partial charge in [-0.1, -0.05) is 24.3 Å². The van der Waals surface area contributed by atoms with E-state index in [4.69, 9.17) is 0 Å². The van der Waals surface area contributed by atoms with Crippen LogP contribution in [0.15, 0.2) is 50.6 Å². The van der Waals surface area contributed by atoms with E-state index in [0.717, 1.165) is 0 Å². The van der Waals surface area contributed by atoms with E-state index in [1.165, 1.54) is 24.3 Å². The van der Waals surface area contributed by atoms with Gasteiger partial charge in [0.1, 0.15) is 0 Å². The van der Waals surface area contributed by atoms with Crippen LogP contribution in [0.5, 0.6) is 0 Å². The van der Waals surface area contributed by atoms with Gasteiger partial charge < -0.3 is 27.9 Å². The van der Waals surface area contributed by atoms with Gasteiger partial charge in [0, 0.05) is 0 Å². The average molecular weight is 370 g/mol. The smallest absolute Gasteiger partial charge is 0.786 e. The molecule has 118 valence electrons. The third-order valence-electron chi connectivity index (χ3n) is 1.19. The molecule has 0 aliphatic heterocycles. The van der Waals surface area contributed by atoms with E-state index in [2.05, 4.69) is 44.4 Å². The number of rotatable bonds is 12. The SMILES string of the molecule is C=CCOP([O-])OCC=C.C=CCOP([O-])OCC=C.[Ti+2]. The minimum Gasteiger partial charge on any atom is -0.786 e. The summed E-state index contributed by atoms with van der Waals surface area (Å²) in [6, 6.07) is 0. The van der Waals surface area contributed by atoms with E-state index in [-0.39, 0.29) is 48.1 Å². The standard InChI is InChI=1S/2C6H10O3P.Ti/c2*1-3-5-8-10(7)9-6-4-2;/h2*3-4H,1-2,5-6H2;/q2*-1;+2. The van der Waals surface area contributed by atoms with Gasteiger partial charge in [-0.2, -0.15) is 0 Å². The van der Waals surface area contributed by atoms with Crippen molar-refractivity contribution in [3.05, 3.63) is 50.6 Å². The number of hydrogen-bond acceptors (Lipinski definition) is 6. The molecule has 0 unspecified atom stereocenters. The van der Waals surface area contributed by atoms with Crippen LogP contribution in [0.25, 0.3) is 0 Å². The maximum Gasteiger partial charge on any atom is 2.00 e. The Morgan fingerprint density at radius 1 is 0.619 bits per heavy atom. The van der Waals surface area contributed by atoms with E-state index < -0.39 is 17.2 Å². The summed E-state index contributed by atoms with van der Waals surface area (Å²) in [5.41, 5.74) is 0. The fourth-order valence-corrected chi connectivity index (χ4v) is 1.59. The van der Waals surface area contributed by atoms with Gasteiger partial charge in [-0.25, -0.2) is 0 Å². The van der Waals surface area contributed by atoms with Crippen molar-refractivity contribution >= 4 is 17.2 Å². The van der Waals surface area contributed by atoms with Gasteiger partial charge in [0.2, 0.25) is 0 Å². The van der Waals surface area contributed by atoms with E-state index in [0.29, 0.717) is 0 Å². The van der Waals surface area contributed by atoms with Gasteiger partial charge >= 0.3 is 21.7 Å². The van der Waals surface area contributed by atoms with Gasteiger partial charge in [0.25, 0.3) is 0 Å². The first-order valence-electron chi connectivity index (χ1n) is 5.52. The largest absolute Gasteiger partial charge is 2.00 e. The first-order chi connectivity index (χ1) is 9.62. The molecule has 0 aliphatic carbocycles. The zero-order valence-corrected chi connectivity index (χ0v) is 15.2. The molecular formula is C12H20O6P2Ti. The second kappa shape index (κ2) is 22.6. The molecule has 0 heterocycles. The maximum atomic E-state index is 10.6. The van der Waals surface area contributed by atoms with Crippen LogP contribution in [0.4, 0.5) is 0 Å². The van der Waals surface area contributed by atoms with Gasteiger partial charge in [-0.15, -0.1) is 26.3 Å². The Balaban J connectivity index is -0.000000295. The Morgan fingerprint density at radius 2 is 0.810 bits per heavy atom. The average Bonchev–Trinajstić information content (AvgIpc) is 2.47. The summed E-state index contributed by atoms with van der Waals surface area (Å²) < 4.78 is 18.5. The molecular weight excluding hydrogens is 350 g/mol. The predicted molar refractivity (Wildman–Crippen MR) is 78.4 cm³/mol. The van der Waals surface area contributed by atoms with Crippen molar-refractivity contribution in [3.63, 3.8) is 0 Å². The molecule has 0 aromatic heterocycles. The summed E-state index contributed by atoms with van der Waals surface area (Å²) in [7, 11) is -3.97. The Labute approximate surface area is 144 Å². The molecule has 0 atom stereocenters. The van der Waals surface area contributed by atoms with Crippen LogP contribution < -0.4 is 9.79 Å². The van der Waals surface area contributed by atoms with Crippen LogP contribution in [-0.2, 0) is 39.8 Å². The number of hydrogen-bond donors (Lipinski definition) is 0. The molecule has 0 spiro atoms. The second-order valence-electron chi connectivity index (χ2n) is 2.78. The quantitative estimate of drug-likeness (QED) is 0.297. The zero-order chi connectivity index (χ0) is 15.6. The first kappa shape index (κ1) is 26.2. The summed E-state index contributed by atoms with van der Waals surface area (Å²) >= 11 is 0. The molecule has 0 fully saturated rings. The van der Waals surface area contributed by atoms with Crippen LogP contribution in [0.2, 0.25) is 0 Å². The Bertz CT molecular complexity index is 218. The summed E-state index contributed by atoms with van der Waals surface area (Å²) in [6.07, 6.45) is 6.02. The van der Waals surface area contributed by atoms with Crippen molar-refractivity contribution in [2.24, 2.45) is 0 Å². The van der Waals surface area contributed by atoms with Crippen molar-refractivity contribution < 1.29 is 49.6 Å². The molecule has 0 aromatic carbocycles. The third kappa shape index (κ3) is 25.6. The fourth-order valence-electron chi connectivity index (χ4n) is 0.529. The molecule has 0 bridgehead atoms. The van der Waals surface area contributed by atoms with Gasteiger partial charge in [-0.05, 0) is 0 Å². The van der Waals surface area contributed by atoms with E-state index >= 15 is 0 Å². The van der Waals surface area contributed by atoms with E-state index in [1.54, 1.807) is 0 Å². The molecule has 6 nitrogen and oxygen atoms in total. The Kier molecular flexibility index (Phi) is 28.2. The zero-order valence-electron chi connectivity index (χ0n) is 11.8. The molecule has 0 saturated heterocycles. The van der Waals surface area contributed by atoms with Gasteiger partial charge in [0.05, 0.1) is 43.6 Å². The minimum absolute atomic E-state index is 0. The van der Waals surface area contributed by atoms with Crippen LogP contribution in [0.1, 0.15) is 0 Å². The molecule has 0 aromatic rings. The maximum absolute atomic E-state index is 10.6. The summed E-state index contributed by atoms with van der Waals surface area (Å²) in [5.74, 6) is 0. The van der Waals surface area contributed by atoms with Crippen LogP contribution in [0, 0.1) is 0 Å². The molecule has 9 heteroatoms. The van der Waals surface area contributed by atoms with Crippen molar-refractivity contribution in [2.45, 2.75) is 0 Å². The van der Waals surface area contributed by atoms with Crippen LogP contribution in [0.3, 0.4) is 0 Å². The molecule has 0 radical (unpaired) electrons. The van der Waals surface area contributed by atoms with Crippen LogP contribution >= 0.6 is 17.2 Å². The predicted octanol–water partition coefficient (Wildman–Crippen LogP) is 1.96. The molecule has 21 heavy (non-hydrogen) atoms. The van der Waals surface area contributed by atoms with Crippen molar-refractivity contribution in [3.8, 4) is 0 Å². The molecule has 0 rings (SSSR count). The summed E-state index contributed by atoms with van der Waals surface area (Å²) in [4.78, 5) is 21.1. The normalized spacial score (nSPS) is 9.33. The third-order valence-corrected chi connectivity index (χ3v) is 2.63. The van der Waals surface area contributed by atoms with Crippen molar-refractivity contribution in [2.75, 3.05) is 26.4 Å². The molecule has 0 aliphatic rings. The molecule has 0 saturated carbocycles. The first-order valence-corrected chi connectivity index (χ1v) is 7.71. The van der Waals surface area contributed by atoms with Crippen LogP contribution in [-0.4, -0.2) is 26.4 Å². The summed E-state index contributed by atoms with van der Waals surface area (Å²) in [5, 5.41) is 0. The minimum atomic E-state index is -1.98. The Morgan fingerprint density at radius 3 is 0.952 bits per heavy atom. The molecule has 0 amide bonds. The monoisotopic (exact) mass is 370 g/mol. The second-order valence-corrected chi connectivity index (χ2v) is 4.71. The van der Waals surface area contributed by atoms with Gasteiger partial charge in [-0.3, -0.25) is 0 Å². The van der Waals surface area contributed by atoms with E-state index in [9.17, 15) is 9.79 Å².